The van der Waals surface area contributed by atoms with Gasteiger partial charge in [-0.1, -0.05) is 13.8 Å². The van der Waals surface area contributed by atoms with Gasteiger partial charge in [0.25, 0.3) is 0 Å². The summed E-state index contributed by atoms with van der Waals surface area (Å²) in [7, 11) is 0. The van der Waals surface area contributed by atoms with Crippen molar-refractivity contribution in [3.05, 3.63) is 11.1 Å². The molecule has 2 rings (SSSR count). The Balaban J connectivity index is 1.90. The lowest BCUT2D eigenvalue weighted by Gasteiger charge is -2.34. The predicted octanol–water partition coefficient (Wildman–Crippen LogP) is 2.59. The molecule has 4 heteroatoms. The molecule has 0 radical (unpaired) electrons. The van der Waals surface area contributed by atoms with Crippen LogP contribution in [-0.4, -0.2) is 23.0 Å². The Morgan fingerprint density at radius 3 is 3.06 bits per heavy atom. The van der Waals surface area contributed by atoms with Crippen molar-refractivity contribution in [3.63, 3.8) is 0 Å². The minimum atomic E-state index is 0.687. The molecule has 0 amide bonds. The van der Waals surface area contributed by atoms with Gasteiger partial charge in [-0.2, -0.15) is 0 Å². The van der Waals surface area contributed by atoms with Crippen molar-refractivity contribution in [2.45, 2.75) is 33.2 Å². The van der Waals surface area contributed by atoms with Crippen molar-refractivity contribution < 1.29 is 0 Å². The molecule has 2 heterocycles. The lowest BCUT2D eigenvalue weighted by atomic mass is 9.88. The van der Waals surface area contributed by atoms with E-state index in [-0.39, 0.29) is 0 Å². The second kappa shape index (κ2) is 5.15. The van der Waals surface area contributed by atoms with Gasteiger partial charge >= 0.3 is 0 Å². The zero-order valence-electron chi connectivity index (χ0n) is 10.1. The number of thiazole rings is 1. The highest BCUT2D eigenvalue weighted by molar-refractivity contribution is 7.15. The molecule has 1 unspecified atom stereocenters. The Bertz CT molecular complexity index is 335. The van der Waals surface area contributed by atoms with Crippen LogP contribution in [0.5, 0.6) is 0 Å². The van der Waals surface area contributed by atoms with E-state index < -0.39 is 0 Å². The van der Waals surface area contributed by atoms with Gasteiger partial charge < -0.3 is 5.73 Å². The Hall–Kier alpha value is -0.610. The zero-order chi connectivity index (χ0) is 11.5. The summed E-state index contributed by atoms with van der Waals surface area (Å²) in [5.74, 6) is 1.66. The molecule has 90 valence electrons. The van der Waals surface area contributed by atoms with Crippen LogP contribution in [0.3, 0.4) is 0 Å². The number of likely N-dealkylation sites (tertiary alicyclic amines) is 1. The van der Waals surface area contributed by atoms with E-state index in [1.807, 2.05) is 6.20 Å². The second-order valence-corrected chi connectivity index (χ2v) is 6.19. The van der Waals surface area contributed by atoms with Crippen LogP contribution in [0.25, 0.3) is 0 Å². The van der Waals surface area contributed by atoms with E-state index in [1.54, 1.807) is 11.3 Å². The molecule has 1 fully saturated rings. The lowest BCUT2D eigenvalue weighted by Crippen LogP contribution is -2.36. The number of nitrogen functional groups attached to an aromatic ring is 1. The van der Waals surface area contributed by atoms with E-state index in [0.717, 1.165) is 18.4 Å². The average Bonchev–Trinajstić information content (AvgIpc) is 2.64. The molecule has 0 bridgehead atoms. The molecular formula is C12H21N3S. The Labute approximate surface area is 102 Å². The maximum absolute atomic E-state index is 5.65. The van der Waals surface area contributed by atoms with Crippen molar-refractivity contribution in [3.8, 4) is 0 Å². The highest BCUT2D eigenvalue weighted by Gasteiger charge is 2.22. The first-order valence-electron chi connectivity index (χ1n) is 6.07. The third-order valence-corrected chi connectivity index (χ3v) is 4.25. The van der Waals surface area contributed by atoms with Gasteiger partial charge in [0.2, 0.25) is 0 Å². The summed E-state index contributed by atoms with van der Waals surface area (Å²) < 4.78 is 0. The van der Waals surface area contributed by atoms with Crippen LogP contribution >= 0.6 is 11.3 Å². The molecule has 1 aliphatic rings. The number of anilines is 1. The quantitative estimate of drug-likeness (QED) is 0.881. The maximum atomic E-state index is 5.65. The van der Waals surface area contributed by atoms with Crippen molar-refractivity contribution >= 4 is 16.5 Å². The van der Waals surface area contributed by atoms with Crippen molar-refractivity contribution in [1.29, 1.82) is 0 Å². The van der Waals surface area contributed by atoms with Gasteiger partial charge in [-0.05, 0) is 31.2 Å². The van der Waals surface area contributed by atoms with Gasteiger partial charge in [0.05, 0.1) is 0 Å². The van der Waals surface area contributed by atoms with Gasteiger partial charge in [-0.25, -0.2) is 4.98 Å². The van der Waals surface area contributed by atoms with Crippen molar-refractivity contribution in [2.75, 3.05) is 18.8 Å². The number of piperidine rings is 1. The van der Waals surface area contributed by atoms with E-state index in [9.17, 15) is 0 Å². The fourth-order valence-electron chi connectivity index (χ4n) is 2.40. The molecule has 1 aromatic heterocycles. The molecule has 1 saturated heterocycles. The molecule has 3 nitrogen and oxygen atoms in total. The van der Waals surface area contributed by atoms with E-state index in [2.05, 4.69) is 23.7 Å². The van der Waals surface area contributed by atoms with Crippen molar-refractivity contribution in [1.82, 2.24) is 9.88 Å². The van der Waals surface area contributed by atoms with E-state index in [4.69, 9.17) is 5.73 Å². The Kier molecular flexibility index (Phi) is 3.82. The molecule has 1 atom stereocenters. The van der Waals surface area contributed by atoms with Crippen LogP contribution in [-0.2, 0) is 6.54 Å². The fraction of sp³-hybridized carbons (Fsp3) is 0.750. The molecule has 2 N–H and O–H groups in total. The van der Waals surface area contributed by atoms with E-state index >= 15 is 0 Å². The van der Waals surface area contributed by atoms with Crippen LogP contribution in [0.4, 0.5) is 5.13 Å². The van der Waals surface area contributed by atoms with Crippen LogP contribution in [0.15, 0.2) is 6.20 Å². The SMILES string of the molecule is CC(C)C1CCCN(Cc2cnc(N)s2)C1. The fourth-order valence-corrected chi connectivity index (χ4v) is 3.12. The highest BCUT2D eigenvalue weighted by atomic mass is 32.1. The molecule has 1 aromatic rings. The molecule has 16 heavy (non-hydrogen) atoms. The maximum Gasteiger partial charge on any atom is 0.180 e. The largest absolute Gasteiger partial charge is 0.375 e. The number of hydrogen-bond acceptors (Lipinski definition) is 4. The number of nitrogens with two attached hydrogens (primary N) is 1. The summed E-state index contributed by atoms with van der Waals surface area (Å²) in [6.07, 6.45) is 4.63. The molecule has 0 saturated carbocycles. The molecule has 0 spiro atoms. The first-order chi connectivity index (χ1) is 7.65. The number of aromatic nitrogens is 1. The normalized spacial score (nSPS) is 22.8. The molecule has 1 aliphatic heterocycles. The third-order valence-electron chi connectivity index (χ3n) is 3.44. The summed E-state index contributed by atoms with van der Waals surface area (Å²) in [5, 5.41) is 0.687. The van der Waals surface area contributed by atoms with Gasteiger partial charge in [-0.3, -0.25) is 4.90 Å². The smallest absolute Gasteiger partial charge is 0.180 e. The summed E-state index contributed by atoms with van der Waals surface area (Å²) in [6.45, 7) is 8.15. The third kappa shape index (κ3) is 2.95. The minimum Gasteiger partial charge on any atom is -0.375 e. The van der Waals surface area contributed by atoms with Crippen LogP contribution in [0.2, 0.25) is 0 Å². The Morgan fingerprint density at radius 1 is 1.62 bits per heavy atom. The van der Waals surface area contributed by atoms with Gasteiger partial charge in [-0.15, -0.1) is 11.3 Å². The standard InChI is InChI=1S/C12H21N3S/c1-9(2)10-4-3-5-15(7-10)8-11-6-14-12(13)16-11/h6,9-10H,3-5,7-8H2,1-2H3,(H2,13,14). The summed E-state index contributed by atoms with van der Waals surface area (Å²) in [5.41, 5.74) is 5.65. The van der Waals surface area contributed by atoms with E-state index in [0.29, 0.717) is 5.13 Å². The average molecular weight is 239 g/mol. The monoisotopic (exact) mass is 239 g/mol. The van der Waals surface area contributed by atoms with E-state index in [1.165, 1.54) is 30.8 Å². The summed E-state index contributed by atoms with van der Waals surface area (Å²) in [4.78, 5) is 7.94. The second-order valence-electron chi connectivity index (χ2n) is 5.05. The molecule has 0 aromatic carbocycles. The Morgan fingerprint density at radius 2 is 2.44 bits per heavy atom. The first-order valence-corrected chi connectivity index (χ1v) is 6.89. The van der Waals surface area contributed by atoms with Gasteiger partial charge in [0.15, 0.2) is 5.13 Å². The van der Waals surface area contributed by atoms with Crippen LogP contribution in [0, 0.1) is 11.8 Å². The summed E-state index contributed by atoms with van der Waals surface area (Å²) in [6, 6.07) is 0. The first kappa shape index (κ1) is 11.9. The van der Waals surface area contributed by atoms with Gasteiger partial charge in [0, 0.05) is 24.2 Å². The predicted molar refractivity (Wildman–Crippen MR) is 69.4 cm³/mol. The van der Waals surface area contributed by atoms with Crippen LogP contribution in [0.1, 0.15) is 31.6 Å². The lowest BCUT2D eigenvalue weighted by molar-refractivity contribution is 0.140. The van der Waals surface area contributed by atoms with Crippen molar-refractivity contribution in [2.24, 2.45) is 11.8 Å². The number of hydrogen-bond donors (Lipinski definition) is 1. The minimum absolute atomic E-state index is 0.687. The van der Waals surface area contributed by atoms with Crippen LogP contribution < -0.4 is 5.73 Å². The summed E-state index contributed by atoms with van der Waals surface area (Å²) >= 11 is 1.62. The van der Waals surface area contributed by atoms with Gasteiger partial charge in [0.1, 0.15) is 0 Å². The highest BCUT2D eigenvalue weighted by Crippen LogP contribution is 2.25. The molecule has 0 aliphatic carbocycles. The number of rotatable bonds is 3. The topological polar surface area (TPSA) is 42.2 Å². The zero-order valence-corrected chi connectivity index (χ0v) is 11.0. The number of nitrogens with zero attached hydrogens (tertiary/aromatic N) is 2. The molecular weight excluding hydrogens is 218 g/mol.